The number of hydrogen-bond acceptors (Lipinski definition) is 7. The number of aliphatic carboxylic acids is 1. The molecule has 0 aromatic heterocycles. The third kappa shape index (κ3) is 7.43. The number of nitrogens with zero attached hydrogens (tertiary/aromatic N) is 1. The molecule has 2 aromatic carbocycles. The Bertz CT molecular complexity index is 1170. The summed E-state index contributed by atoms with van der Waals surface area (Å²) >= 11 is 0. The molecule has 2 aromatic rings. The number of carbonyl (C=O) groups is 1. The van der Waals surface area contributed by atoms with Crippen molar-refractivity contribution in [1.29, 1.82) is 0 Å². The number of hydrogen-bond donors (Lipinski definition) is 3. The molecule has 10 nitrogen and oxygen atoms in total. The van der Waals surface area contributed by atoms with Gasteiger partial charge >= 0.3 is 5.97 Å². The minimum Gasteiger partial charge on any atom is -0.480 e. The second-order valence-corrected chi connectivity index (χ2v) is 16.6. The molecule has 0 aliphatic rings. The molecule has 198 valence electrons. The van der Waals surface area contributed by atoms with Crippen LogP contribution in [0.25, 0.3) is 0 Å². The van der Waals surface area contributed by atoms with Crippen molar-refractivity contribution in [3.05, 3.63) is 70.3 Å². The molecule has 0 saturated heterocycles. The fourth-order valence-corrected chi connectivity index (χ4v) is 5.89. The van der Waals surface area contributed by atoms with Crippen molar-refractivity contribution in [1.82, 2.24) is 10.0 Å². The van der Waals surface area contributed by atoms with Crippen LogP contribution in [-0.2, 0) is 25.7 Å². The van der Waals surface area contributed by atoms with Crippen LogP contribution in [0.5, 0.6) is 0 Å². The van der Waals surface area contributed by atoms with E-state index >= 15 is 0 Å². The number of sulfonamides is 1. The van der Waals surface area contributed by atoms with Gasteiger partial charge < -0.3 is 14.8 Å². The number of nitrogens with one attached hydrogen (secondary N) is 2. The lowest BCUT2D eigenvalue weighted by molar-refractivity contribution is -0.387. The van der Waals surface area contributed by atoms with Crippen LogP contribution in [0.3, 0.4) is 0 Å². The predicted octanol–water partition coefficient (Wildman–Crippen LogP) is 3.55. The normalized spacial score (nSPS) is 14.2. The van der Waals surface area contributed by atoms with Crippen LogP contribution in [0, 0.1) is 10.1 Å². The van der Waals surface area contributed by atoms with Crippen molar-refractivity contribution in [3.63, 3.8) is 0 Å². The molecule has 0 fully saturated rings. The quantitative estimate of drug-likeness (QED) is 0.152. The van der Waals surface area contributed by atoms with E-state index in [4.69, 9.17) is 4.43 Å². The molecule has 0 heterocycles. The van der Waals surface area contributed by atoms with Crippen LogP contribution in [0.2, 0.25) is 18.1 Å². The summed E-state index contributed by atoms with van der Waals surface area (Å²) in [6.45, 7) is 10.9. The van der Waals surface area contributed by atoms with Gasteiger partial charge in [0.25, 0.3) is 5.69 Å². The van der Waals surface area contributed by atoms with E-state index < -0.39 is 45.4 Å². The van der Waals surface area contributed by atoms with Crippen LogP contribution in [-0.4, -0.2) is 58.0 Å². The van der Waals surface area contributed by atoms with Crippen LogP contribution >= 0.6 is 0 Å². The molecule has 0 bridgehead atoms. The first-order valence-electron chi connectivity index (χ1n) is 11.5. The third-order valence-electron chi connectivity index (χ3n) is 6.41. The number of carboxylic acid groups (broad SMARTS) is 1. The second-order valence-electron chi connectivity index (χ2n) is 10.2. The SMILES string of the molecule is CC(C)(C)[Si](C)(C)OCCNC[C@](Cc1ccccc1)(NS(=O)(=O)c1ccccc1[N+](=O)[O-])C(=O)O. The summed E-state index contributed by atoms with van der Waals surface area (Å²) in [4.78, 5) is 22.6. The molecule has 12 heteroatoms. The van der Waals surface area contributed by atoms with E-state index in [2.05, 4.69) is 43.9 Å². The van der Waals surface area contributed by atoms with E-state index in [-0.39, 0.29) is 18.0 Å². The average molecular weight is 538 g/mol. The van der Waals surface area contributed by atoms with Crippen molar-refractivity contribution in [2.75, 3.05) is 19.7 Å². The Morgan fingerprint density at radius 1 is 1.08 bits per heavy atom. The minimum absolute atomic E-state index is 0.00513. The number of rotatable bonds is 13. The number of carboxylic acids is 1. The summed E-state index contributed by atoms with van der Waals surface area (Å²) in [6.07, 6.45) is -0.181. The fourth-order valence-electron chi connectivity index (χ4n) is 3.32. The number of nitro groups is 1. The highest BCUT2D eigenvalue weighted by Crippen LogP contribution is 2.36. The van der Waals surface area contributed by atoms with Crippen LogP contribution in [0.1, 0.15) is 26.3 Å². The number of nitro benzene ring substituents is 1. The molecule has 0 aliphatic carbocycles. The average Bonchev–Trinajstić information content (AvgIpc) is 2.78. The lowest BCUT2D eigenvalue weighted by atomic mass is 9.91. The molecule has 0 aliphatic heterocycles. The zero-order valence-electron chi connectivity index (χ0n) is 21.3. The van der Waals surface area contributed by atoms with Gasteiger partial charge in [-0.25, -0.2) is 8.42 Å². The van der Waals surface area contributed by atoms with Crippen LogP contribution in [0.15, 0.2) is 59.5 Å². The van der Waals surface area contributed by atoms with Gasteiger partial charge in [0.1, 0.15) is 5.54 Å². The predicted molar refractivity (Wildman–Crippen MR) is 140 cm³/mol. The first-order valence-corrected chi connectivity index (χ1v) is 15.9. The second kappa shape index (κ2) is 11.6. The molecular formula is C24H35N3O7SSi. The summed E-state index contributed by atoms with van der Waals surface area (Å²) in [6, 6.07) is 13.4. The van der Waals surface area contributed by atoms with Crippen molar-refractivity contribution >= 4 is 30.0 Å². The maximum Gasteiger partial charge on any atom is 0.326 e. The lowest BCUT2D eigenvalue weighted by Gasteiger charge is -2.36. The van der Waals surface area contributed by atoms with E-state index in [9.17, 15) is 28.4 Å². The molecular weight excluding hydrogens is 502 g/mol. The number of para-hydroxylation sites is 1. The molecule has 3 N–H and O–H groups in total. The highest BCUT2D eigenvalue weighted by molar-refractivity contribution is 7.89. The van der Waals surface area contributed by atoms with E-state index in [0.717, 1.165) is 12.1 Å². The van der Waals surface area contributed by atoms with Gasteiger partial charge in [0.05, 0.1) is 4.92 Å². The Balaban J connectivity index is 2.33. The summed E-state index contributed by atoms with van der Waals surface area (Å²) in [5.74, 6) is -1.41. The van der Waals surface area contributed by atoms with Crippen molar-refractivity contribution < 1.29 is 27.7 Å². The van der Waals surface area contributed by atoms with E-state index in [1.54, 1.807) is 30.3 Å². The van der Waals surface area contributed by atoms with Gasteiger partial charge in [0, 0.05) is 32.2 Å². The molecule has 2 rings (SSSR count). The van der Waals surface area contributed by atoms with Gasteiger partial charge in [-0.15, -0.1) is 0 Å². The van der Waals surface area contributed by atoms with Crippen molar-refractivity contribution in [2.45, 2.75) is 55.8 Å². The Labute approximate surface area is 213 Å². The molecule has 0 amide bonds. The standard InChI is InChI=1S/C24H35N3O7SSi/c1-23(2,3)36(4,5)34-16-15-25-18-24(22(28)29,17-19-11-7-6-8-12-19)26-35(32,33)21-14-10-9-13-20(21)27(30)31/h6-14,25-26H,15-18H2,1-5H3,(H,28,29)/t24-/m0/s1. The Morgan fingerprint density at radius 2 is 1.67 bits per heavy atom. The highest BCUT2D eigenvalue weighted by atomic mass is 32.2. The molecule has 0 unspecified atom stereocenters. The first kappa shape index (κ1) is 29.6. The highest BCUT2D eigenvalue weighted by Gasteiger charge is 2.44. The number of benzene rings is 2. The topological polar surface area (TPSA) is 148 Å². The zero-order chi connectivity index (χ0) is 27.2. The van der Waals surface area contributed by atoms with Crippen LogP contribution < -0.4 is 10.0 Å². The summed E-state index contributed by atoms with van der Waals surface area (Å²) in [5.41, 5.74) is -2.06. The third-order valence-corrected chi connectivity index (χ3v) is 12.5. The van der Waals surface area contributed by atoms with Gasteiger partial charge in [-0.2, -0.15) is 4.72 Å². The van der Waals surface area contributed by atoms with Gasteiger partial charge in [-0.05, 0) is 29.8 Å². The Hall–Kier alpha value is -2.64. The molecule has 0 spiro atoms. The summed E-state index contributed by atoms with van der Waals surface area (Å²) < 4.78 is 34.9. The minimum atomic E-state index is -4.58. The molecule has 0 saturated carbocycles. The molecule has 36 heavy (non-hydrogen) atoms. The first-order chi connectivity index (χ1) is 16.6. The zero-order valence-corrected chi connectivity index (χ0v) is 23.1. The maximum atomic E-state index is 13.3. The lowest BCUT2D eigenvalue weighted by Crippen LogP contribution is -2.61. The van der Waals surface area contributed by atoms with Gasteiger partial charge in [-0.3, -0.25) is 14.9 Å². The van der Waals surface area contributed by atoms with E-state index in [1.165, 1.54) is 12.1 Å². The van der Waals surface area contributed by atoms with E-state index in [1.807, 2.05) is 0 Å². The summed E-state index contributed by atoms with van der Waals surface area (Å²) in [7, 11) is -6.60. The van der Waals surface area contributed by atoms with Crippen molar-refractivity contribution in [2.24, 2.45) is 0 Å². The Morgan fingerprint density at radius 3 is 2.22 bits per heavy atom. The monoisotopic (exact) mass is 537 g/mol. The van der Waals surface area contributed by atoms with Gasteiger partial charge in [0.2, 0.25) is 10.0 Å². The van der Waals surface area contributed by atoms with Crippen molar-refractivity contribution in [3.8, 4) is 0 Å². The van der Waals surface area contributed by atoms with Crippen LogP contribution in [0.4, 0.5) is 5.69 Å². The maximum absolute atomic E-state index is 13.3. The summed E-state index contributed by atoms with van der Waals surface area (Å²) in [5, 5.41) is 24.7. The fraction of sp³-hybridized carbons (Fsp3) is 0.458. The molecule has 1 atom stereocenters. The largest absolute Gasteiger partial charge is 0.480 e. The Kier molecular flexibility index (Phi) is 9.54. The van der Waals surface area contributed by atoms with Gasteiger partial charge in [-0.1, -0.05) is 63.2 Å². The van der Waals surface area contributed by atoms with E-state index in [0.29, 0.717) is 18.7 Å². The molecule has 0 radical (unpaired) electrons. The smallest absolute Gasteiger partial charge is 0.326 e. The van der Waals surface area contributed by atoms with Gasteiger partial charge in [0.15, 0.2) is 13.2 Å².